The average Bonchev–Trinajstić information content (AvgIpc) is 1.73. The van der Waals surface area contributed by atoms with Crippen LogP contribution < -0.4 is 0 Å². The van der Waals surface area contributed by atoms with Crippen LogP contribution in [-0.2, 0) is 80.9 Å². The highest BCUT2D eigenvalue weighted by molar-refractivity contribution is 6.84. The van der Waals surface area contributed by atoms with Crippen molar-refractivity contribution >= 4 is 69.3 Å². The molecule has 2 saturated carbocycles. The molecule has 472 valence electrons. The van der Waals surface area contributed by atoms with E-state index in [1.54, 1.807) is 0 Å². The normalized spacial score (nSPS) is 14.7. The lowest BCUT2D eigenvalue weighted by Gasteiger charge is -2.30. The van der Waals surface area contributed by atoms with Crippen LogP contribution in [0, 0.1) is 17.3 Å². The zero-order valence-corrected chi connectivity index (χ0v) is 55.0. The fourth-order valence-corrected chi connectivity index (χ4v) is 16.8. The summed E-state index contributed by atoms with van der Waals surface area (Å²) in [5.74, 6) is -0.791. The number of aryl methyl sites for hydroxylation is 1. The number of benzene rings is 5. The lowest BCUT2D eigenvalue weighted by Crippen LogP contribution is -2.46. The highest BCUT2D eigenvalue weighted by atomic mass is 28.4. The number of carbonyl (C=O) groups is 6. The van der Waals surface area contributed by atoms with Crippen LogP contribution in [0.1, 0.15) is 87.5 Å². The zero-order chi connectivity index (χ0) is 65.2. The maximum Gasteiger partial charge on any atom is 0.330 e. The first-order valence-corrected chi connectivity index (χ1v) is 36.3. The van der Waals surface area contributed by atoms with E-state index in [0.717, 1.165) is 73.5 Å². The second-order valence-electron chi connectivity index (χ2n) is 22.7. The molecule has 88 heavy (non-hydrogen) atoms. The minimum atomic E-state index is -1.85. The third kappa shape index (κ3) is 33.6. The Kier molecular flexibility index (Phi) is 36.7. The number of hydrogen-bond donors (Lipinski definition) is 0. The lowest BCUT2D eigenvalue weighted by molar-refractivity contribution is -0.146. The second kappa shape index (κ2) is 42.6. The third-order valence-electron chi connectivity index (χ3n) is 13.7. The summed E-state index contributed by atoms with van der Waals surface area (Å²) in [6, 6.07) is 44.1. The Labute approximate surface area is 526 Å². The molecule has 0 aromatic heterocycles. The van der Waals surface area contributed by atoms with Gasteiger partial charge in [-0.3, -0.25) is 0 Å². The van der Waals surface area contributed by atoms with Crippen LogP contribution in [0.3, 0.4) is 0 Å². The number of unbranched alkanes of at least 4 members (excludes halogenated alkanes) is 3. The van der Waals surface area contributed by atoms with Gasteiger partial charge in [-0.25, -0.2) is 28.8 Å². The Balaban J connectivity index is 0.000000361. The van der Waals surface area contributed by atoms with Crippen LogP contribution in [0.5, 0.6) is 0 Å². The Bertz CT molecular complexity index is 2980. The molecule has 5 aromatic carbocycles. The maximum absolute atomic E-state index is 11.1. The van der Waals surface area contributed by atoms with Crippen LogP contribution >= 0.6 is 0 Å². The Hall–Kier alpha value is -8.25. The molecule has 0 radical (unpaired) electrons. The van der Waals surface area contributed by atoms with E-state index in [-0.39, 0.29) is 42.6 Å². The first kappa shape index (κ1) is 75.9. The number of esters is 6. The molecular formula is C73H94O13Si2. The molecule has 0 saturated heterocycles. The predicted molar refractivity (Wildman–Crippen MR) is 359 cm³/mol. The van der Waals surface area contributed by atoms with E-state index in [1.165, 1.54) is 59.7 Å². The summed E-state index contributed by atoms with van der Waals surface area (Å²) >= 11 is 0. The number of rotatable bonds is 26. The van der Waals surface area contributed by atoms with E-state index in [9.17, 15) is 28.8 Å². The zero-order valence-electron chi connectivity index (χ0n) is 53.0. The topological polar surface area (TPSA) is 167 Å². The van der Waals surface area contributed by atoms with Crippen molar-refractivity contribution < 1.29 is 61.3 Å². The van der Waals surface area contributed by atoms with Gasteiger partial charge < -0.3 is 32.5 Å². The summed E-state index contributed by atoms with van der Waals surface area (Å²) in [6.45, 7) is 36.8. The van der Waals surface area contributed by atoms with E-state index >= 15 is 0 Å². The second-order valence-corrected chi connectivity index (χ2v) is 31.5. The molecule has 5 aromatic rings. The molecule has 2 aliphatic rings. The molecule has 3 atom stereocenters. The largest absolute Gasteiger partial charge is 0.463 e. The molecular weight excluding hydrogens is 1140 g/mol. The molecule has 13 nitrogen and oxygen atoms in total. The van der Waals surface area contributed by atoms with E-state index in [1.807, 2.05) is 103 Å². The van der Waals surface area contributed by atoms with Crippen LogP contribution in [0.15, 0.2) is 215 Å². The van der Waals surface area contributed by atoms with Crippen molar-refractivity contribution in [2.24, 2.45) is 17.3 Å². The average molecular weight is 1240 g/mol. The SMILES string of the molecule is C=CC(=O)OC1CC2CCC1C2(C)C.C=CC(=O)OCCCC/C=C/c1ccccc1.C=CC(=O)OCCCCc1ccccc1.C=CC(=O)OC[Si](C)(C)O[Si](C)(C)C.C=CC(=O)OCc1ccc2ccccc2c1.C=CC(=O)OCc1ccccc1. The molecule has 2 bridgehead atoms. The Morgan fingerprint density at radius 2 is 0.966 bits per heavy atom. The smallest absolute Gasteiger partial charge is 0.330 e. The van der Waals surface area contributed by atoms with Crippen LogP contribution in [-0.4, -0.2) is 78.0 Å². The molecule has 0 aliphatic heterocycles. The van der Waals surface area contributed by atoms with Gasteiger partial charge in [0.15, 0.2) is 8.32 Å². The van der Waals surface area contributed by atoms with Gasteiger partial charge in [-0.05, 0) is 141 Å². The summed E-state index contributed by atoms with van der Waals surface area (Å²) in [5.41, 5.74) is 4.87. The number of hydrogen-bond acceptors (Lipinski definition) is 13. The molecule has 7 rings (SSSR count). The first-order chi connectivity index (χ1) is 42.0. The summed E-state index contributed by atoms with van der Waals surface area (Å²) < 4.78 is 35.9. The van der Waals surface area contributed by atoms with Gasteiger partial charge in [0.2, 0.25) is 8.32 Å². The van der Waals surface area contributed by atoms with Crippen molar-refractivity contribution in [2.75, 3.05) is 19.4 Å². The minimum absolute atomic E-state index is 0.147. The van der Waals surface area contributed by atoms with Crippen molar-refractivity contribution in [1.29, 1.82) is 0 Å². The van der Waals surface area contributed by atoms with Gasteiger partial charge in [0.05, 0.1) is 13.2 Å². The Morgan fingerprint density at radius 3 is 1.47 bits per heavy atom. The summed E-state index contributed by atoms with van der Waals surface area (Å²) in [7, 11) is -3.38. The number of allylic oxidation sites excluding steroid dienone is 1. The quantitative estimate of drug-likeness (QED) is 0.0169. The summed E-state index contributed by atoms with van der Waals surface area (Å²) in [5, 5.41) is 2.33. The van der Waals surface area contributed by atoms with Crippen molar-refractivity contribution in [3.8, 4) is 0 Å². The van der Waals surface area contributed by atoms with Crippen molar-refractivity contribution in [2.45, 2.75) is 124 Å². The van der Waals surface area contributed by atoms with Crippen molar-refractivity contribution in [3.63, 3.8) is 0 Å². The first-order valence-electron chi connectivity index (χ1n) is 29.8. The van der Waals surface area contributed by atoms with Gasteiger partial charge in [-0.1, -0.05) is 193 Å². The summed E-state index contributed by atoms with van der Waals surface area (Å²) in [4.78, 5) is 65.0. The van der Waals surface area contributed by atoms with E-state index in [2.05, 4.69) is 129 Å². The molecule has 0 heterocycles. The Morgan fingerprint density at radius 1 is 0.500 bits per heavy atom. The number of ether oxygens (including phenoxy) is 6. The minimum Gasteiger partial charge on any atom is -0.463 e. The van der Waals surface area contributed by atoms with Gasteiger partial charge in [0, 0.05) is 42.4 Å². The van der Waals surface area contributed by atoms with E-state index < -0.39 is 22.6 Å². The van der Waals surface area contributed by atoms with Crippen molar-refractivity contribution in [1.82, 2.24) is 0 Å². The fourth-order valence-electron chi connectivity index (χ4n) is 9.47. The van der Waals surface area contributed by atoms with Gasteiger partial charge in [-0.2, -0.15) is 0 Å². The van der Waals surface area contributed by atoms with Gasteiger partial charge in [0.1, 0.15) is 25.5 Å². The monoisotopic (exact) mass is 1230 g/mol. The standard InChI is InChI=1S/C15H18O2.C14H12O2.C13H16O2.C12H18O2.C10H10O2.C9H20O3Si2/c1-2-15(16)17-13-9-4-3-6-10-14-11-7-5-8-12-14;1-2-14(15)16-10-11-7-8-12-5-3-4-6-13(12)9-11;1-2-13(14)15-11-7-6-10-12-8-4-3-5-9-12;1-4-11(13)14-10-7-8-5-6-9(10)12(8,2)3;1-2-10(11)12-8-9-6-4-3-5-7-9;1-7-9(10)11-8-14(5,6)12-13(2,3)4/h2,5-8,10-12H,1,3-4,9,13H2;2-9H,1,10H2;2-5,8-9H,1,6-7,10-11H2;4,8-10H,1,5-7H2,2-3H3;2-7H,1,8H2;7H,1,8H2,2-6H3/b10-6+;;;;;. The van der Waals surface area contributed by atoms with E-state index in [4.69, 9.17) is 32.5 Å². The molecule has 15 heteroatoms. The molecule has 2 aliphatic carbocycles. The van der Waals surface area contributed by atoms with Gasteiger partial charge in [0.25, 0.3) is 0 Å². The highest BCUT2D eigenvalue weighted by Gasteiger charge is 2.54. The van der Waals surface area contributed by atoms with E-state index in [0.29, 0.717) is 37.4 Å². The molecule has 0 N–H and O–H groups in total. The van der Waals surface area contributed by atoms with Crippen LogP contribution in [0.2, 0.25) is 32.7 Å². The van der Waals surface area contributed by atoms with Crippen LogP contribution in [0.25, 0.3) is 16.8 Å². The third-order valence-corrected chi connectivity index (χ3v) is 19.2. The predicted octanol–water partition coefficient (Wildman–Crippen LogP) is 16.2. The molecule has 3 unspecified atom stereocenters. The van der Waals surface area contributed by atoms with Crippen LogP contribution in [0.4, 0.5) is 0 Å². The molecule has 0 amide bonds. The molecule has 2 fully saturated rings. The number of fused-ring (bicyclic) bond motifs is 3. The maximum atomic E-state index is 11.1. The lowest BCUT2D eigenvalue weighted by atomic mass is 9.82. The highest BCUT2D eigenvalue weighted by Crippen LogP contribution is 2.58. The van der Waals surface area contributed by atoms with Crippen molar-refractivity contribution in [3.05, 3.63) is 238 Å². The number of carbonyl (C=O) groups excluding carboxylic acids is 6. The summed E-state index contributed by atoms with van der Waals surface area (Å²) in [6.07, 6.45) is 21.4. The van der Waals surface area contributed by atoms with Gasteiger partial charge in [-0.15, -0.1) is 0 Å². The molecule has 0 spiro atoms. The van der Waals surface area contributed by atoms with Gasteiger partial charge >= 0.3 is 35.8 Å². The fraction of sp³-hybridized carbons (Fsp3) is 0.342.